The van der Waals surface area contributed by atoms with Crippen molar-refractivity contribution in [1.82, 2.24) is 0 Å². The van der Waals surface area contributed by atoms with Gasteiger partial charge in [0.15, 0.2) is 0 Å². The highest BCUT2D eigenvalue weighted by Crippen LogP contribution is 2.34. The van der Waals surface area contributed by atoms with Gasteiger partial charge in [-0.3, -0.25) is 0 Å². The Hall–Kier alpha value is -3.80. The predicted molar refractivity (Wildman–Crippen MR) is 93.6 cm³/mol. The smallest absolute Gasteiger partial charge is 0.343 e. The summed E-state index contributed by atoms with van der Waals surface area (Å²) in [5, 5.41) is 28.0. The van der Waals surface area contributed by atoms with Crippen LogP contribution in [0.2, 0.25) is 0 Å². The van der Waals surface area contributed by atoms with Crippen LogP contribution in [0.25, 0.3) is 11.1 Å². The Balaban J connectivity index is 1.91. The molecule has 0 aliphatic rings. The Morgan fingerprint density at radius 2 is 1.31 bits per heavy atom. The van der Waals surface area contributed by atoms with Crippen LogP contribution in [0.4, 0.5) is 0 Å². The number of ether oxygens (including phenoxy) is 1. The summed E-state index contributed by atoms with van der Waals surface area (Å²) < 4.78 is 5.39. The molecule has 6 heteroatoms. The fourth-order valence-corrected chi connectivity index (χ4v) is 2.38. The second kappa shape index (κ2) is 6.98. The van der Waals surface area contributed by atoms with E-state index in [0.29, 0.717) is 11.1 Å². The Morgan fingerprint density at radius 1 is 0.731 bits per heavy atom. The van der Waals surface area contributed by atoms with Crippen molar-refractivity contribution in [3.63, 3.8) is 0 Å². The van der Waals surface area contributed by atoms with Gasteiger partial charge in [0, 0.05) is 11.6 Å². The fraction of sp³-hybridized carbons (Fsp3) is 0. The SMILES string of the molecule is O=C(O)c1ccc(C(=O)Oc2cc(O)ccc2-c2ccc(O)cc2)cc1. The number of aromatic hydroxyl groups is 2. The van der Waals surface area contributed by atoms with Crippen LogP contribution in [0.1, 0.15) is 20.7 Å². The molecule has 0 saturated carbocycles. The van der Waals surface area contributed by atoms with Gasteiger partial charge in [0.25, 0.3) is 0 Å². The standard InChI is InChI=1S/C20H14O6/c21-15-7-5-12(6-8-15)17-10-9-16(22)11-18(17)26-20(25)14-3-1-13(2-4-14)19(23)24/h1-11,21-22H,(H,23,24). The first kappa shape index (κ1) is 17.0. The van der Waals surface area contributed by atoms with Crippen LogP contribution in [0.15, 0.2) is 66.7 Å². The van der Waals surface area contributed by atoms with Crippen molar-refractivity contribution in [3.05, 3.63) is 77.9 Å². The molecule has 0 aliphatic heterocycles. The Kier molecular flexibility index (Phi) is 4.57. The maximum absolute atomic E-state index is 12.4. The topological polar surface area (TPSA) is 104 Å². The van der Waals surface area contributed by atoms with Gasteiger partial charge in [-0.1, -0.05) is 12.1 Å². The second-order valence-electron chi connectivity index (χ2n) is 5.50. The third kappa shape index (κ3) is 3.64. The normalized spacial score (nSPS) is 10.3. The van der Waals surface area contributed by atoms with Crippen LogP contribution < -0.4 is 4.74 Å². The molecule has 3 aromatic rings. The number of esters is 1. The van der Waals surface area contributed by atoms with Crippen LogP contribution in [-0.2, 0) is 0 Å². The zero-order valence-electron chi connectivity index (χ0n) is 13.4. The molecule has 0 bridgehead atoms. The average molecular weight is 350 g/mol. The molecule has 0 aliphatic carbocycles. The highest BCUT2D eigenvalue weighted by molar-refractivity contribution is 5.94. The summed E-state index contributed by atoms with van der Waals surface area (Å²) in [7, 11) is 0. The van der Waals surface area contributed by atoms with E-state index in [1.807, 2.05) is 0 Å². The molecule has 26 heavy (non-hydrogen) atoms. The first-order chi connectivity index (χ1) is 12.4. The van der Waals surface area contributed by atoms with E-state index in [-0.39, 0.29) is 28.4 Å². The first-order valence-electron chi connectivity index (χ1n) is 7.62. The molecule has 0 saturated heterocycles. The lowest BCUT2D eigenvalue weighted by Crippen LogP contribution is -2.09. The molecule has 0 radical (unpaired) electrons. The van der Waals surface area contributed by atoms with E-state index < -0.39 is 11.9 Å². The van der Waals surface area contributed by atoms with Crippen LogP contribution in [-0.4, -0.2) is 27.3 Å². The Bertz CT molecular complexity index is 959. The number of aromatic carboxylic acids is 1. The van der Waals surface area contributed by atoms with Crippen molar-refractivity contribution < 1.29 is 29.6 Å². The van der Waals surface area contributed by atoms with Crippen LogP contribution in [0.5, 0.6) is 17.2 Å². The number of benzene rings is 3. The molecule has 0 fully saturated rings. The molecular formula is C20H14O6. The van der Waals surface area contributed by atoms with Crippen molar-refractivity contribution in [1.29, 1.82) is 0 Å². The zero-order valence-corrected chi connectivity index (χ0v) is 13.4. The minimum absolute atomic E-state index is 0.0590. The van der Waals surface area contributed by atoms with E-state index in [0.717, 1.165) is 0 Å². The third-order valence-corrected chi connectivity index (χ3v) is 3.71. The van der Waals surface area contributed by atoms with E-state index >= 15 is 0 Å². The number of hydrogen-bond acceptors (Lipinski definition) is 5. The van der Waals surface area contributed by atoms with Gasteiger partial charge in [-0.25, -0.2) is 9.59 Å². The fourth-order valence-electron chi connectivity index (χ4n) is 2.38. The lowest BCUT2D eigenvalue weighted by molar-refractivity contribution is 0.0691. The first-order valence-corrected chi connectivity index (χ1v) is 7.62. The number of phenols is 2. The lowest BCUT2D eigenvalue weighted by Gasteiger charge is -2.11. The average Bonchev–Trinajstić information content (AvgIpc) is 2.63. The van der Waals surface area contributed by atoms with E-state index in [4.69, 9.17) is 9.84 Å². The number of hydrogen-bond donors (Lipinski definition) is 3. The van der Waals surface area contributed by atoms with E-state index in [1.54, 1.807) is 18.2 Å². The molecule has 3 aromatic carbocycles. The van der Waals surface area contributed by atoms with E-state index in [9.17, 15) is 19.8 Å². The molecule has 130 valence electrons. The molecular weight excluding hydrogens is 336 g/mol. The van der Waals surface area contributed by atoms with Gasteiger partial charge in [-0.2, -0.15) is 0 Å². The lowest BCUT2D eigenvalue weighted by atomic mass is 10.0. The van der Waals surface area contributed by atoms with Crippen molar-refractivity contribution in [2.24, 2.45) is 0 Å². The highest BCUT2D eigenvalue weighted by atomic mass is 16.5. The summed E-state index contributed by atoms with van der Waals surface area (Å²) >= 11 is 0. The van der Waals surface area contributed by atoms with Crippen LogP contribution in [0.3, 0.4) is 0 Å². The quantitative estimate of drug-likeness (QED) is 0.490. The molecule has 0 aromatic heterocycles. The summed E-state index contributed by atoms with van der Waals surface area (Å²) in [6.45, 7) is 0. The third-order valence-electron chi connectivity index (χ3n) is 3.71. The summed E-state index contributed by atoms with van der Waals surface area (Å²) in [5.41, 5.74) is 1.48. The molecule has 0 heterocycles. The van der Waals surface area contributed by atoms with Gasteiger partial charge in [-0.15, -0.1) is 0 Å². The Morgan fingerprint density at radius 3 is 1.92 bits per heavy atom. The molecule has 0 atom stereocenters. The summed E-state index contributed by atoms with van der Waals surface area (Å²) in [6, 6.07) is 16.0. The van der Waals surface area contributed by atoms with Crippen molar-refractivity contribution >= 4 is 11.9 Å². The number of carbonyl (C=O) groups excluding carboxylic acids is 1. The van der Waals surface area contributed by atoms with Crippen molar-refractivity contribution in [2.75, 3.05) is 0 Å². The van der Waals surface area contributed by atoms with Gasteiger partial charge in [0.1, 0.15) is 17.2 Å². The van der Waals surface area contributed by atoms with Crippen LogP contribution in [0, 0.1) is 0 Å². The molecule has 6 nitrogen and oxygen atoms in total. The van der Waals surface area contributed by atoms with Crippen LogP contribution >= 0.6 is 0 Å². The number of phenolic OH excluding ortho intramolecular Hbond substituents is 2. The van der Waals surface area contributed by atoms with E-state index in [1.165, 1.54) is 48.5 Å². The van der Waals surface area contributed by atoms with E-state index in [2.05, 4.69) is 0 Å². The summed E-state index contributed by atoms with van der Waals surface area (Å²) in [6.07, 6.45) is 0. The molecule has 0 unspecified atom stereocenters. The number of carboxylic acid groups (broad SMARTS) is 1. The van der Waals surface area contributed by atoms with Gasteiger partial charge in [0.05, 0.1) is 11.1 Å². The Labute approximate surface area is 148 Å². The number of carboxylic acids is 1. The summed E-state index contributed by atoms with van der Waals surface area (Å²) in [4.78, 5) is 23.2. The van der Waals surface area contributed by atoms with Gasteiger partial charge >= 0.3 is 11.9 Å². The summed E-state index contributed by atoms with van der Waals surface area (Å²) in [5.74, 6) is -1.61. The number of rotatable bonds is 4. The molecule has 3 rings (SSSR count). The van der Waals surface area contributed by atoms with Gasteiger partial charge < -0.3 is 20.1 Å². The second-order valence-corrected chi connectivity index (χ2v) is 5.50. The van der Waals surface area contributed by atoms with Crippen molar-refractivity contribution in [3.8, 4) is 28.4 Å². The van der Waals surface area contributed by atoms with Crippen molar-refractivity contribution in [2.45, 2.75) is 0 Å². The maximum atomic E-state index is 12.4. The maximum Gasteiger partial charge on any atom is 0.343 e. The zero-order chi connectivity index (χ0) is 18.7. The minimum Gasteiger partial charge on any atom is -0.508 e. The molecule has 3 N–H and O–H groups in total. The predicted octanol–water partition coefficient (Wildman–Crippen LogP) is 3.68. The van der Waals surface area contributed by atoms with Gasteiger partial charge in [0.2, 0.25) is 0 Å². The number of carbonyl (C=O) groups is 2. The molecule has 0 amide bonds. The minimum atomic E-state index is -1.09. The van der Waals surface area contributed by atoms with Gasteiger partial charge in [-0.05, 0) is 54.1 Å². The molecule has 0 spiro atoms. The largest absolute Gasteiger partial charge is 0.508 e. The monoisotopic (exact) mass is 350 g/mol. The highest BCUT2D eigenvalue weighted by Gasteiger charge is 2.15.